The number of amides is 1. The number of benzene rings is 1. The minimum Gasteiger partial charge on any atom is -0.384 e. The molecular formula is C20H32N4O2. The number of hydrogen-bond donors (Lipinski definition) is 1. The lowest BCUT2D eigenvalue weighted by atomic mass is 10.1. The molecule has 1 aromatic rings. The van der Waals surface area contributed by atoms with Crippen molar-refractivity contribution in [2.24, 2.45) is 10.9 Å². The number of likely N-dealkylation sites (tertiary alicyclic amines) is 1. The van der Waals surface area contributed by atoms with Crippen LogP contribution in [0, 0.1) is 5.92 Å². The molecule has 6 nitrogen and oxygen atoms in total. The van der Waals surface area contributed by atoms with Gasteiger partial charge < -0.3 is 19.9 Å². The SMILES string of the molecule is CCN(CC)C(=O)c1ccc(CNC(=NC)N2CCC(COC)C2)cc1. The maximum Gasteiger partial charge on any atom is 0.253 e. The van der Waals surface area contributed by atoms with Crippen LogP contribution in [-0.4, -0.2) is 68.6 Å². The molecule has 1 atom stereocenters. The zero-order chi connectivity index (χ0) is 18.9. The third-order valence-corrected chi connectivity index (χ3v) is 4.90. The second-order valence-corrected chi connectivity index (χ2v) is 6.63. The van der Waals surface area contributed by atoms with E-state index in [-0.39, 0.29) is 5.91 Å². The Hall–Kier alpha value is -2.08. The van der Waals surface area contributed by atoms with Gasteiger partial charge in [0.25, 0.3) is 5.91 Å². The lowest BCUT2D eigenvalue weighted by molar-refractivity contribution is 0.0773. The Morgan fingerprint density at radius 2 is 2.00 bits per heavy atom. The van der Waals surface area contributed by atoms with Crippen molar-refractivity contribution in [3.05, 3.63) is 35.4 Å². The number of guanidine groups is 1. The highest BCUT2D eigenvalue weighted by Gasteiger charge is 2.24. The van der Waals surface area contributed by atoms with E-state index in [4.69, 9.17) is 4.74 Å². The Morgan fingerprint density at radius 3 is 2.58 bits per heavy atom. The second-order valence-electron chi connectivity index (χ2n) is 6.63. The van der Waals surface area contributed by atoms with Gasteiger partial charge in [0, 0.05) is 58.4 Å². The standard InChI is InChI=1S/C20H32N4O2/c1-5-23(6-2)19(25)18-9-7-16(8-10-18)13-22-20(21-3)24-12-11-17(14-24)15-26-4/h7-10,17H,5-6,11-15H2,1-4H3,(H,21,22). The Kier molecular flexibility index (Phi) is 7.91. The molecule has 144 valence electrons. The average Bonchev–Trinajstić information content (AvgIpc) is 3.12. The van der Waals surface area contributed by atoms with E-state index in [0.717, 1.165) is 56.3 Å². The fourth-order valence-corrected chi connectivity index (χ4v) is 3.37. The van der Waals surface area contributed by atoms with Crippen LogP contribution in [0.4, 0.5) is 0 Å². The minimum absolute atomic E-state index is 0.0894. The Bertz CT molecular complexity index is 596. The van der Waals surface area contributed by atoms with Gasteiger partial charge >= 0.3 is 0 Å². The first-order chi connectivity index (χ1) is 12.6. The normalized spacial score (nSPS) is 17.5. The molecule has 0 radical (unpaired) electrons. The van der Waals surface area contributed by atoms with Gasteiger partial charge in [0.05, 0.1) is 6.61 Å². The predicted molar refractivity (Wildman–Crippen MR) is 105 cm³/mol. The summed E-state index contributed by atoms with van der Waals surface area (Å²) in [6, 6.07) is 7.83. The fraction of sp³-hybridized carbons (Fsp3) is 0.600. The van der Waals surface area contributed by atoms with Crippen LogP contribution in [0.25, 0.3) is 0 Å². The molecular weight excluding hydrogens is 328 g/mol. The van der Waals surface area contributed by atoms with E-state index in [1.807, 2.05) is 50.1 Å². The summed E-state index contributed by atoms with van der Waals surface area (Å²) >= 11 is 0. The van der Waals surface area contributed by atoms with Gasteiger partial charge in [-0.05, 0) is 38.0 Å². The van der Waals surface area contributed by atoms with Gasteiger partial charge in [0.15, 0.2) is 5.96 Å². The molecule has 1 unspecified atom stereocenters. The first-order valence-corrected chi connectivity index (χ1v) is 9.45. The quantitative estimate of drug-likeness (QED) is 0.598. The Labute approximate surface area is 157 Å². The summed E-state index contributed by atoms with van der Waals surface area (Å²) in [5.41, 5.74) is 1.87. The van der Waals surface area contributed by atoms with E-state index in [1.54, 1.807) is 7.11 Å². The Balaban J connectivity index is 1.89. The first kappa shape index (κ1) is 20.2. The molecule has 0 bridgehead atoms. The molecule has 0 aromatic heterocycles. The monoisotopic (exact) mass is 360 g/mol. The molecule has 1 aliphatic rings. The number of methoxy groups -OCH3 is 1. The summed E-state index contributed by atoms with van der Waals surface area (Å²) in [6.07, 6.45) is 1.14. The largest absolute Gasteiger partial charge is 0.384 e. The number of hydrogen-bond acceptors (Lipinski definition) is 3. The van der Waals surface area contributed by atoms with Crippen molar-refractivity contribution in [3.8, 4) is 0 Å². The van der Waals surface area contributed by atoms with Gasteiger partial charge in [-0.3, -0.25) is 9.79 Å². The number of carbonyl (C=O) groups is 1. The van der Waals surface area contributed by atoms with Crippen molar-refractivity contribution < 1.29 is 9.53 Å². The summed E-state index contributed by atoms with van der Waals surface area (Å²) in [4.78, 5) is 20.9. The Morgan fingerprint density at radius 1 is 1.31 bits per heavy atom. The zero-order valence-corrected chi connectivity index (χ0v) is 16.5. The van der Waals surface area contributed by atoms with Crippen LogP contribution in [-0.2, 0) is 11.3 Å². The summed E-state index contributed by atoms with van der Waals surface area (Å²) < 4.78 is 5.26. The molecule has 26 heavy (non-hydrogen) atoms. The summed E-state index contributed by atoms with van der Waals surface area (Å²) in [7, 11) is 3.57. The molecule has 1 N–H and O–H groups in total. The highest BCUT2D eigenvalue weighted by Crippen LogP contribution is 2.16. The number of nitrogens with one attached hydrogen (secondary N) is 1. The topological polar surface area (TPSA) is 57.2 Å². The maximum atomic E-state index is 12.4. The van der Waals surface area contributed by atoms with Crippen LogP contribution in [0.1, 0.15) is 36.2 Å². The van der Waals surface area contributed by atoms with Gasteiger partial charge in [0.1, 0.15) is 0 Å². The lowest BCUT2D eigenvalue weighted by Crippen LogP contribution is -2.39. The molecule has 1 aromatic carbocycles. The van der Waals surface area contributed by atoms with Crippen LogP contribution in [0.15, 0.2) is 29.3 Å². The molecule has 2 rings (SSSR count). The van der Waals surface area contributed by atoms with E-state index < -0.39 is 0 Å². The number of aliphatic imine (C=N–C) groups is 1. The van der Waals surface area contributed by atoms with Crippen LogP contribution < -0.4 is 5.32 Å². The van der Waals surface area contributed by atoms with Crippen LogP contribution in [0.3, 0.4) is 0 Å². The van der Waals surface area contributed by atoms with Gasteiger partial charge in [-0.25, -0.2) is 0 Å². The molecule has 0 saturated carbocycles. The molecule has 0 aliphatic carbocycles. The minimum atomic E-state index is 0.0894. The summed E-state index contributed by atoms with van der Waals surface area (Å²) in [6.45, 7) is 8.94. The van der Waals surface area contributed by atoms with Crippen molar-refractivity contribution in [1.82, 2.24) is 15.1 Å². The second kappa shape index (κ2) is 10.2. The molecule has 1 heterocycles. The van der Waals surface area contributed by atoms with Crippen molar-refractivity contribution in [2.45, 2.75) is 26.8 Å². The molecule has 1 aliphatic heterocycles. The van der Waals surface area contributed by atoms with Crippen LogP contribution >= 0.6 is 0 Å². The van der Waals surface area contributed by atoms with E-state index in [9.17, 15) is 4.79 Å². The fourth-order valence-electron chi connectivity index (χ4n) is 3.37. The van der Waals surface area contributed by atoms with E-state index in [0.29, 0.717) is 12.5 Å². The molecule has 1 saturated heterocycles. The smallest absolute Gasteiger partial charge is 0.253 e. The number of ether oxygens (including phenoxy) is 1. The zero-order valence-electron chi connectivity index (χ0n) is 16.5. The van der Waals surface area contributed by atoms with Crippen molar-refractivity contribution in [1.29, 1.82) is 0 Å². The van der Waals surface area contributed by atoms with Crippen LogP contribution in [0.5, 0.6) is 0 Å². The summed E-state index contributed by atoms with van der Waals surface area (Å²) in [5.74, 6) is 1.59. The molecule has 1 amide bonds. The van der Waals surface area contributed by atoms with Crippen molar-refractivity contribution >= 4 is 11.9 Å². The van der Waals surface area contributed by atoms with Gasteiger partial charge in [-0.2, -0.15) is 0 Å². The van der Waals surface area contributed by atoms with E-state index in [2.05, 4.69) is 15.2 Å². The maximum absolute atomic E-state index is 12.4. The number of nitrogens with zero attached hydrogens (tertiary/aromatic N) is 3. The van der Waals surface area contributed by atoms with Crippen molar-refractivity contribution in [2.75, 3.05) is 46.9 Å². The molecule has 0 spiro atoms. The highest BCUT2D eigenvalue weighted by atomic mass is 16.5. The number of rotatable bonds is 7. The predicted octanol–water partition coefficient (Wildman–Crippen LogP) is 2.21. The third kappa shape index (κ3) is 5.21. The third-order valence-electron chi connectivity index (χ3n) is 4.90. The van der Waals surface area contributed by atoms with E-state index >= 15 is 0 Å². The number of carbonyl (C=O) groups excluding carboxylic acids is 1. The summed E-state index contributed by atoms with van der Waals surface area (Å²) in [5, 5.41) is 3.42. The highest BCUT2D eigenvalue weighted by molar-refractivity contribution is 5.94. The first-order valence-electron chi connectivity index (χ1n) is 9.45. The van der Waals surface area contributed by atoms with Gasteiger partial charge in [-0.15, -0.1) is 0 Å². The van der Waals surface area contributed by atoms with Crippen LogP contribution in [0.2, 0.25) is 0 Å². The van der Waals surface area contributed by atoms with Gasteiger partial charge in [-0.1, -0.05) is 12.1 Å². The molecule has 1 fully saturated rings. The average molecular weight is 361 g/mol. The van der Waals surface area contributed by atoms with Crippen molar-refractivity contribution in [3.63, 3.8) is 0 Å². The molecule has 6 heteroatoms. The lowest BCUT2D eigenvalue weighted by Gasteiger charge is -2.22. The van der Waals surface area contributed by atoms with E-state index in [1.165, 1.54) is 0 Å². The van der Waals surface area contributed by atoms with Gasteiger partial charge in [0.2, 0.25) is 0 Å².